The van der Waals surface area contributed by atoms with E-state index in [2.05, 4.69) is 5.10 Å². The molecule has 0 spiro atoms. The molecule has 1 amide bonds. The second-order valence-electron chi connectivity index (χ2n) is 6.40. The fourth-order valence-corrected chi connectivity index (χ4v) is 2.98. The summed E-state index contributed by atoms with van der Waals surface area (Å²) in [4.78, 5) is 27.0. The summed E-state index contributed by atoms with van der Waals surface area (Å²) in [6.07, 6.45) is 0.211. The summed E-state index contributed by atoms with van der Waals surface area (Å²) in [5.74, 6) is -0.613. The van der Waals surface area contributed by atoms with Crippen molar-refractivity contribution in [1.82, 2.24) is 0 Å². The number of hydrogen-bond acceptors (Lipinski definition) is 5. The van der Waals surface area contributed by atoms with Crippen molar-refractivity contribution in [2.75, 3.05) is 23.6 Å². The fourth-order valence-electron chi connectivity index (χ4n) is 2.98. The summed E-state index contributed by atoms with van der Waals surface area (Å²) in [7, 11) is 1.73. The van der Waals surface area contributed by atoms with E-state index >= 15 is 0 Å². The Morgan fingerprint density at radius 3 is 2.44 bits per heavy atom. The first-order chi connectivity index (χ1) is 13.0. The molecule has 0 aromatic heterocycles. The maximum atomic E-state index is 13.2. The number of carbonyl (C=O) groups is 2. The van der Waals surface area contributed by atoms with Crippen molar-refractivity contribution in [1.29, 1.82) is 0 Å². The van der Waals surface area contributed by atoms with Crippen LogP contribution in [-0.2, 0) is 14.3 Å². The zero-order chi connectivity index (χ0) is 19.4. The Morgan fingerprint density at radius 1 is 1.15 bits per heavy atom. The Labute approximate surface area is 159 Å². The van der Waals surface area contributed by atoms with Gasteiger partial charge in [-0.2, -0.15) is 5.10 Å². The van der Waals surface area contributed by atoms with Crippen LogP contribution in [0.15, 0.2) is 59.7 Å². The molecule has 1 atom stereocenters. The molecule has 0 aliphatic carbocycles. The number of likely N-dealkylation sites (N-methyl/N-ethyl adjacent to an activating group) is 1. The van der Waals surface area contributed by atoms with Gasteiger partial charge in [-0.15, -0.1) is 0 Å². The third-order valence-electron chi connectivity index (χ3n) is 4.48. The van der Waals surface area contributed by atoms with Gasteiger partial charge in [-0.3, -0.25) is 9.80 Å². The van der Waals surface area contributed by atoms with Gasteiger partial charge in [0.25, 0.3) is 5.91 Å². The SMILES string of the molecule is CCOC(=O)C1=NN(c2ccccc2)C(C(=O)N(C)c2ccc(C)cc2)C1. The number of amides is 1. The summed E-state index contributed by atoms with van der Waals surface area (Å²) in [5, 5.41) is 6.01. The number of esters is 1. The van der Waals surface area contributed by atoms with Gasteiger partial charge in [-0.05, 0) is 38.1 Å². The lowest BCUT2D eigenvalue weighted by molar-refractivity contribution is -0.135. The zero-order valence-electron chi connectivity index (χ0n) is 15.8. The molecule has 6 nitrogen and oxygen atoms in total. The van der Waals surface area contributed by atoms with Crippen molar-refractivity contribution < 1.29 is 14.3 Å². The Hall–Kier alpha value is -3.15. The first-order valence-electron chi connectivity index (χ1n) is 8.94. The maximum absolute atomic E-state index is 13.2. The van der Waals surface area contributed by atoms with E-state index in [-0.39, 0.29) is 24.6 Å². The zero-order valence-corrected chi connectivity index (χ0v) is 15.8. The molecule has 140 valence electrons. The number of benzene rings is 2. The van der Waals surface area contributed by atoms with Crippen molar-refractivity contribution in [3.63, 3.8) is 0 Å². The first-order valence-corrected chi connectivity index (χ1v) is 8.94. The number of anilines is 2. The number of ether oxygens (including phenoxy) is 1. The minimum Gasteiger partial charge on any atom is -0.461 e. The van der Waals surface area contributed by atoms with E-state index in [4.69, 9.17) is 4.74 Å². The average Bonchev–Trinajstić information content (AvgIpc) is 3.14. The second kappa shape index (κ2) is 8.03. The van der Waals surface area contributed by atoms with Gasteiger partial charge >= 0.3 is 5.97 Å². The molecule has 1 heterocycles. The molecule has 1 aliphatic rings. The van der Waals surface area contributed by atoms with Gasteiger partial charge in [0, 0.05) is 19.2 Å². The lowest BCUT2D eigenvalue weighted by atomic mass is 10.1. The number of rotatable bonds is 5. The third-order valence-corrected chi connectivity index (χ3v) is 4.48. The van der Waals surface area contributed by atoms with Gasteiger partial charge < -0.3 is 9.64 Å². The molecule has 0 bridgehead atoms. The minimum absolute atomic E-state index is 0.134. The quantitative estimate of drug-likeness (QED) is 0.764. The highest BCUT2D eigenvalue weighted by molar-refractivity contribution is 6.38. The van der Waals surface area contributed by atoms with E-state index in [1.807, 2.05) is 61.5 Å². The molecule has 0 radical (unpaired) electrons. The molecule has 2 aromatic carbocycles. The van der Waals surface area contributed by atoms with Gasteiger partial charge in [0.1, 0.15) is 11.8 Å². The lowest BCUT2D eigenvalue weighted by Gasteiger charge is -2.27. The predicted octanol–water partition coefficient (Wildman–Crippen LogP) is 3.16. The monoisotopic (exact) mass is 365 g/mol. The molecular weight excluding hydrogens is 342 g/mol. The standard InChI is InChI=1S/C21H23N3O3/c1-4-27-21(26)18-14-19(24(22-18)17-8-6-5-7-9-17)20(25)23(3)16-12-10-15(2)11-13-16/h5-13,19H,4,14H2,1-3H3. The Kier molecular flexibility index (Phi) is 5.54. The molecule has 0 saturated heterocycles. The molecule has 0 saturated carbocycles. The molecular formula is C21H23N3O3. The number of hydrogen-bond donors (Lipinski definition) is 0. The Morgan fingerprint density at radius 2 is 1.81 bits per heavy atom. The van der Waals surface area contributed by atoms with E-state index in [9.17, 15) is 9.59 Å². The van der Waals surface area contributed by atoms with Crippen molar-refractivity contribution >= 4 is 29.0 Å². The predicted molar refractivity (Wildman–Crippen MR) is 106 cm³/mol. The van der Waals surface area contributed by atoms with Crippen LogP contribution in [0.2, 0.25) is 0 Å². The highest BCUT2D eigenvalue weighted by atomic mass is 16.5. The van der Waals surface area contributed by atoms with E-state index in [0.717, 1.165) is 16.9 Å². The summed E-state index contributed by atoms with van der Waals surface area (Å²) >= 11 is 0. The van der Waals surface area contributed by atoms with Crippen LogP contribution in [0.25, 0.3) is 0 Å². The third kappa shape index (κ3) is 4.00. The van der Waals surface area contributed by atoms with Gasteiger partial charge in [-0.25, -0.2) is 4.79 Å². The molecule has 3 rings (SSSR count). The van der Waals surface area contributed by atoms with Crippen LogP contribution in [-0.4, -0.2) is 37.3 Å². The first kappa shape index (κ1) is 18.6. The van der Waals surface area contributed by atoms with Crippen LogP contribution in [0.5, 0.6) is 0 Å². The molecule has 27 heavy (non-hydrogen) atoms. The average molecular weight is 365 g/mol. The van der Waals surface area contributed by atoms with E-state index < -0.39 is 12.0 Å². The normalized spacial score (nSPS) is 16.0. The van der Waals surface area contributed by atoms with Crippen LogP contribution in [0, 0.1) is 6.92 Å². The highest BCUT2D eigenvalue weighted by Crippen LogP contribution is 2.27. The van der Waals surface area contributed by atoms with Crippen molar-refractivity contribution in [2.24, 2.45) is 5.10 Å². The molecule has 6 heteroatoms. The van der Waals surface area contributed by atoms with Crippen LogP contribution in [0.3, 0.4) is 0 Å². The van der Waals surface area contributed by atoms with Crippen molar-refractivity contribution in [2.45, 2.75) is 26.3 Å². The number of para-hydroxylation sites is 1. The van der Waals surface area contributed by atoms with Crippen LogP contribution in [0.1, 0.15) is 18.9 Å². The summed E-state index contributed by atoms with van der Waals surface area (Å²) in [6.45, 7) is 4.01. The topological polar surface area (TPSA) is 62.2 Å². The van der Waals surface area contributed by atoms with Gasteiger partial charge in [0.2, 0.25) is 0 Å². The summed E-state index contributed by atoms with van der Waals surface area (Å²) < 4.78 is 5.08. The number of aryl methyl sites for hydroxylation is 1. The molecule has 0 N–H and O–H groups in total. The Bertz CT molecular complexity index is 847. The maximum Gasteiger partial charge on any atom is 0.354 e. The van der Waals surface area contributed by atoms with E-state index in [1.54, 1.807) is 23.9 Å². The molecule has 0 fully saturated rings. The van der Waals surface area contributed by atoms with Crippen molar-refractivity contribution in [3.8, 4) is 0 Å². The largest absolute Gasteiger partial charge is 0.461 e. The van der Waals surface area contributed by atoms with Gasteiger partial charge in [0.05, 0.1) is 12.3 Å². The van der Waals surface area contributed by atoms with Crippen LogP contribution >= 0.6 is 0 Å². The van der Waals surface area contributed by atoms with Crippen LogP contribution in [0.4, 0.5) is 11.4 Å². The second-order valence-corrected chi connectivity index (χ2v) is 6.40. The fraction of sp³-hybridized carbons (Fsp3) is 0.286. The number of carbonyl (C=O) groups excluding carboxylic acids is 2. The molecule has 2 aromatic rings. The lowest BCUT2D eigenvalue weighted by Crippen LogP contribution is -2.44. The highest BCUT2D eigenvalue weighted by Gasteiger charge is 2.38. The van der Waals surface area contributed by atoms with Gasteiger partial charge in [0.15, 0.2) is 0 Å². The number of hydrazone groups is 1. The Balaban J connectivity index is 1.88. The van der Waals surface area contributed by atoms with E-state index in [1.165, 1.54) is 0 Å². The number of nitrogens with zero attached hydrogens (tertiary/aromatic N) is 3. The molecule has 1 aliphatic heterocycles. The van der Waals surface area contributed by atoms with Crippen LogP contribution < -0.4 is 9.91 Å². The van der Waals surface area contributed by atoms with Gasteiger partial charge in [-0.1, -0.05) is 35.9 Å². The summed E-state index contributed by atoms with van der Waals surface area (Å²) in [6, 6.07) is 16.5. The smallest absolute Gasteiger partial charge is 0.354 e. The van der Waals surface area contributed by atoms with E-state index in [0.29, 0.717) is 0 Å². The summed E-state index contributed by atoms with van der Waals surface area (Å²) in [5.41, 5.74) is 2.94. The molecule has 1 unspecified atom stereocenters. The van der Waals surface area contributed by atoms with Crippen molar-refractivity contribution in [3.05, 3.63) is 60.2 Å². The minimum atomic E-state index is -0.599.